The smallest absolute Gasteiger partial charge is 0.171 e. The summed E-state index contributed by atoms with van der Waals surface area (Å²) in [5.74, 6) is 2.68. The van der Waals surface area contributed by atoms with Crippen molar-refractivity contribution in [3.8, 4) is 12.3 Å². The van der Waals surface area contributed by atoms with Crippen molar-refractivity contribution in [2.75, 3.05) is 0 Å². The molecule has 0 amide bonds. The minimum absolute atomic E-state index is 0.0601. The quantitative estimate of drug-likeness (QED) is 0.607. The molecule has 0 saturated carbocycles. The maximum Gasteiger partial charge on any atom is 0.171 e. The van der Waals surface area contributed by atoms with Gasteiger partial charge in [-0.15, -0.1) is 6.42 Å². The van der Waals surface area contributed by atoms with E-state index in [4.69, 9.17) is 6.42 Å². The Bertz CT molecular complexity index is 538. The maximum absolute atomic E-state index is 5.51. The number of aromatic nitrogens is 3. The number of hydrogen-bond acceptors (Lipinski definition) is 2. The molecule has 0 aliphatic rings. The Balaban J connectivity index is 2.83. The van der Waals surface area contributed by atoms with Gasteiger partial charge in [-0.1, -0.05) is 26.7 Å². The molecule has 2 aromatic rings. The van der Waals surface area contributed by atoms with Gasteiger partial charge in [0.1, 0.15) is 0 Å². The van der Waals surface area contributed by atoms with Crippen LogP contribution in [0.25, 0.3) is 5.65 Å². The zero-order valence-electron chi connectivity index (χ0n) is 9.15. The van der Waals surface area contributed by atoms with E-state index < -0.39 is 0 Å². The molecule has 2 rings (SSSR count). The van der Waals surface area contributed by atoms with Crippen molar-refractivity contribution < 1.29 is 0 Å². The van der Waals surface area contributed by atoms with Gasteiger partial charge in [-0.05, 0) is 6.07 Å². The molecule has 0 radical (unpaired) electrons. The lowest BCUT2D eigenvalue weighted by Gasteiger charge is -2.15. The van der Waals surface area contributed by atoms with Crippen LogP contribution < -0.4 is 0 Å². The van der Waals surface area contributed by atoms with Gasteiger partial charge >= 0.3 is 0 Å². The minimum atomic E-state index is -0.0601. The highest BCUT2D eigenvalue weighted by Crippen LogP contribution is 2.25. The van der Waals surface area contributed by atoms with Gasteiger partial charge in [0.05, 0.1) is 11.3 Å². The lowest BCUT2D eigenvalue weighted by Crippen LogP contribution is -2.13. The third-order valence-electron chi connectivity index (χ3n) is 2.25. The predicted octanol–water partition coefficient (Wildman–Crippen LogP) is 2.01. The Morgan fingerprint density at radius 2 is 2.13 bits per heavy atom. The number of rotatable bonds is 0. The van der Waals surface area contributed by atoms with Crippen molar-refractivity contribution in [3.63, 3.8) is 0 Å². The molecule has 0 aliphatic heterocycles. The molecular formula is C12H13N3. The molecule has 0 aromatic carbocycles. The zero-order chi connectivity index (χ0) is 11.1. The van der Waals surface area contributed by atoms with Crippen LogP contribution in [0.1, 0.15) is 32.0 Å². The molecule has 0 N–H and O–H groups in total. The number of fused-ring (bicyclic) bond motifs is 1. The summed E-state index contributed by atoms with van der Waals surface area (Å²) in [6.45, 7) is 6.28. The molecule has 0 unspecified atom stereocenters. The van der Waals surface area contributed by atoms with E-state index in [1.165, 1.54) is 0 Å². The highest BCUT2D eigenvalue weighted by atomic mass is 15.3. The van der Waals surface area contributed by atoms with Gasteiger partial charge in [-0.25, -0.2) is 9.50 Å². The number of hydrogen-bond donors (Lipinski definition) is 0. The van der Waals surface area contributed by atoms with Crippen molar-refractivity contribution >= 4 is 5.65 Å². The number of nitrogens with zero attached hydrogens (tertiary/aromatic N) is 3. The van der Waals surface area contributed by atoms with Crippen LogP contribution in [-0.2, 0) is 5.41 Å². The van der Waals surface area contributed by atoms with Gasteiger partial charge in [-0.2, -0.15) is 5.10 Å². The van der Waals surface area contributed by atoms with E-state index in [-0.39, 0.29) is 5.41 Å². The Kier molecular flexibility index (Phi) is 2.01. The van der Waals surface area contributed by atoms with Crippen molar-refractivity contribution in [2.24, 2.45) is 0 Å². The largest absolute Gasteiger partial charge is 0.236 e. The molecule has 15 heavy (non-hydrogen) atoms. The summed E-state index contributed by atoms with van der Waals surface area (Å²) in [6, 6.07) is 1.84. The van der Waals surface area contributed by atoms with Crippen LogP contribution in [0.4, 0.5) is 0 Å². The molecule has 0 fully saturated rings. The summed E-state index contributed by atoms with van der Waals surface area (Å²) < 4.78 is 1.73. The third-order valence-corrected chi connectivity index (χ3v) is 2.25. The Hall–Kier alpha value is -1.82. The van der Waals surface area contributed by atoms with Gasteiger partial charge in [0.2, 0.25) is 0 Å². The van der Waals surface area contributed by atoms with Gasteiger partial charge in [0.15, 0.2) is 5.65 Å². The van der Waals surface area contributed by atoms with E-state index >= 15 is 0 Å². The molecule has 0 bridgehead atoms. The zero-order valence-corrected chi connectivity index (χ0v) is 9.15. The van der Waals surface area contributed by atoms with Crippen molar-refractivity contribution in [1.29, 1.82) is 0 Å². The van der Waals surface area contributed by atoms with Crippen LogP contribution >= 0.6 is 0 Å². The fourth-order valence-corrected chi connectivity index (χ4v) is 1.54. The van der Waals surface area contributed by atoms with Crippen LogP contribution in [0.3, 0.4) is 0 Å². The summed E-state index contributed by atoms with van der Waals surface area (Å²) in [6.07, 6.45) is 9.10. The minimum Gasteiger partial charge on any atom is -0.236 e. The van der Waals surface area contributed by atoms with Crippen LogP contribution in [0.5, 0.6) is 0 Å². The van der Waals surface area contributed by atoms with E-state index in [1.807, 2.05) is 12.3 Å². The first kappa shape index (κ1) is 9.72. The lowest BCUT2D eigenvalue weighted by molar-refractivity contribution is 0.561. The molecule has 0 saturated heterocycles. The Morgan fingerprint density at radius 3 is 2.73 bits per heavy atom. The first-order valence-electron chi connectivity index (χ1n) is 4.84. The molecule has 3 nitrogen and oxygen atoms in total. The SMILES string of the molecule is C#Cc1c(C(C)(C)C)nn2cccnc12. The van der Waals surface area contributed by atoms with Gasteiger partial charge in [0, 0.05) is 17.8 Å². The summed E-state index contributed by atoms with van der Waals surface area (Å²) in [7, 11) is 0. The summed E-state index contributed by atoms with van der Waals surface area (Å²) in [5.41, 5.74) is 2.41. The average Bonchev–Trinajstić information content (AvgIpc) is 2.55. The Morgan fingerprint density at radius 1 is 1.40 bits per heavy atom. The Labute approximate surface area is 89.1 Å². The molecule has 3 heteroatoms. The average molecular weight is 199 g/mol. The second-order valence-corrected chi connectivity index (χ2v) is 4.51. The van der Waals surface area contributed by atoms with E-state index in [1.54, 1.807) is 10.7 Å². The van der Waals surface area contributed by atoms with E-state index in [2.05, 4.69) is 36.8 Å². The first-order valence-corrected chi connectivity index (χ1v) is 4.84. The molecule has 2 heterocycles. The lowest BCUT2D eigenvalue weighted by atomic mass is 9.89. The van der Waals surface area contributed by atoms with Gasteiger partial charge < -0.3 is 0 Å². The summed E-state index contributed by atoms with van der Waals surface area (Å²) in [4.78, 5) is 4.24. The molecule has 0 atom stereocenters. The van der Waals surface area contributed by atoms with E-state index in [0.717, 1.165) is 16.9 Å². The van der Waals surface area contributed by atoms with E-state index in [9.17, 15) is 0 Å². The standard InChI is InChI=1S/C12H13N3/c1-5-9-10(12(2,3)4)14-15-8-6-7-13-11(9)15/h1,6-8H,2-4H3. The maximum atomic E-state index is 5.51. The van der Waals surface area contributed by atoms with Crippen molar-refractivity contribution in [2.45, 2.75) is 26.2 Å². The van der Waals surface area contributed by atoms with Crippen molar-refractivity contribution in [1.82, 2.24) is 14.6 Å². The molecule has 76 valence electrons. The van der Waals surface area contributed by atoms with Crippen LogP contribution in [0.15, 0.2) is 18.5 Å². The normalized spacial score (nSPS) is 11.6. The highest BCUT2D eigenvalue weighted by Gasteiger charge is 2.23. The molecule has 0 spiro atoms. The monoisotopic (exact) mass is 199 g/mol. The van der Waals surface area contributed by atoms with E-state index in [0.29, 0.717) is 0 Å². The predicted molar refractivity (Wildman–Crippen MR) is 59.6 cm³/mol. The fraction of sp³-hybridized carbons (Fsp3) is 0.333. The number of terminal acetylenes is 1. The highest BCUT2D eigenvalue weighted by molar-refractivity contribution is 5.59. The first-order chi connectivity index (χ1) is 7.04. The summed E-state index contributed by atoms with van der Waals surface area (Å²) >= 11 is 0. The van der Waals surface area contributed by atoms with Gasteiger partial charge in [0.25, 0.3) is 0 Å². The van der Waals surface area contributed by atoms with Crippen LogP contribution in [0.2, 0.25) is 0 Å². The second-order valence-electron chi connectivity index (χ2n) is 4.51. The van der Waals surface area contributed by atoms with Crippen molar-refractivity contribution in [3.05, 3.63) is 29.7 Å². The summed E-state index contributed by atoms with van der Waals surface area (Å²) in [5, 5.41) is 4.47. The second kappa shape index (κ2) is 3.09. The molecule has 2 aromatic heterocycles. The fourth-order valence-electron chi connectivity index (χ4n) is 1.54. The molecular weight excluding hydrogens is 186 g/mol. The van der Waals surface area contributed by atoms with Gasteiger partial charge in [-0.3, -0.25) is 0 Å². The van der Waals surface area contributed by atoms with Crippen LogP contribution in [0, 0.1) is 12.3 Å². The topological polar surface area (TPSA) is 30.2 Å². The molecule has 0 aliphatic carbocycles. The third kappa shape index (κ3) is 1.48. The van der Waals surface area contributed by atoms with Crippen LogP contribution in [-0.4, -0.2) is 14.6 Å².